The highest BCUT2D eigenvalue weighted by atomic mass is 19.4. The summed E-state index contributed by atoms with van der Waals surface area (Å²) in [5, 5.41) is 0.243. The molecule has 1 heterocycles. The van der Waals surface area contributed by atoms with Crippen molar-refractivity contribution in [3.63, 3.8) is 0 Å². The normalized spacial score (nSPS) is 11.4. The molecule has 0 N–H and O–H groups in total. The van der Waals surface area contributed by atoms with Crippen molar-refractivity contribution >= 4 is 28.3 Å². The molecule has 0 aliphatic rings. The predicted molar refractivity (Wildman–Crippen MR) is 156 cm³/mol. The third kappa shape index (κ3) is 6.02. The Morgan fingerprint density at radius 1 is 0.857 bits per heavy atom. The Bertz CT molecular complexity index is 1750. The zero-order valence-electron chi connectivity index (χ0n) is 23.0. The SMILES string of the molecule is COC(=O)Cc1ccc(CN(C)c2cccc(-c3c(C(=O)c4ccccc4)cnc4c(C(F)(F)F)cccc34)c2)cc1. The van der Waals surface area contributed by atoms with E-state index in [1.54, 1.807) is 42.5 Å². The first-order valence-electron chi connectivity index (χ1n) is 13.2. The third-order valence-electron chi connectivity index (χ3n) is 7.08. The number of carbonyl (C=O) groups excluding carboxylic acids is 2. The molecule has 8 heteroatoms. The highest BCUT2D eigenvalue weighted by Gasteiger charge is 2.34. The summed E-state index contributed by atoms with van der Waals surface area (Å²) in [6.07, 6.45) is -3.17. The van der Waals surface area contributed by atoms with Crippen LogP contribution in [0.3, 0.4) is 0 Å². The highest BCUT2D eigenvalue weighted by molar-refractivity contribution is 6.16. The zero-order chi connectivity index (χ0) is 29.9. The monoisotopic (exact) mass is 568 g/mol. The van der Waals surface area contributed by atoms with Crippen molar-refractivity contribution in [3.05, 3.63) is 131 Å². The lowest BCUT2D eigenvalue weighted by Crippen LogP contribution is -2.16. The summed E-state index contributed by atoms with van der Waals surface area (Å²) in [6.45, 7) is 0.535. The topological polar surface area (TPSA) is 59.5 Å². The van der Waals surface area contributed by atoms with Gasteiger partial charge in [-0.25, -0.2) is 0 Å². The first kappa shape index (κ1) is 28.5. The van der Waals surface area contributed by atoms with Crippen LogP contribution >= 0.6 is 0 Å². The van der Waals surface area contributed by atoms with E-state index in [4.69, 9.17) is 4.74 Å². The van der Waals surface area contributed by atoms with E-state index < -0.39 is 11.7 Å². The molecular weight excluding hydrogens is 541 g/mol. The minimum Gasteiger partial charge on any atom is -0.469 e. The van der Waals surface area contributed by atoms with Crippen molar-refractivity contribution < 1.29 is 27.5 Å². The number of esters is 1. The van der Waals surface area contributed by atoms with Crippen molar-refractivity contribution in [2.75, 3.05) is 19.1 Å². The summed E-state index contributed by atoms with van der Waals surface area (Å²) in [4.78, 5) is 31.3. The fourth-order valence-electron chi connectivity index (χ4n) is 4.95. The van der Waals surface area contributed by atoms with Crippen molar-refractivity contribution in [1.82, 2.24) is 4.98 Å². The Balaban J connectivity index is 1.56. The Kier molecular flexibility index (Phi) is 8.06. The molecular formula is C34H27F3N2O3. The van der Waals surface area contributed by atoms with Gasteiger partial charge in [0.05, 0.1) is 24.6 Å². The second-order valence-electron chi connectivity index (χ2n) is 9.92. The van der Waals surface area contributed by atoms with Gasteiger partial charge in [-0.3, -0.25) is 14.6 Å². The summed E-state index contributed by atoms with van der Waals surface area (Å²) in [5.74, 6) is -0.643. The van der Waals surface area contributed by atoms with Crippen LogP contribution in [0.2, 0.25) is 0 Å². The average molecular weight is 569 g/mol. The zero-order valence-corrected chi connectivity index (χ0v) is 23.0. The molecule has 42 heavy (non-hydrogen) atoms. The number of para-hydroxylation sites is 1. The van der Waals surface area contributed by atoms with E-state index in [9.17, 15) is 22.8 Å². The Hall–Kier alpha value is -4.98. The fourth-order valence-corrected chi connectivity index (χ4v) is 4.95. The van der Waals surface area contributed by atoms with Gasteiger partial charge in [0.2, 0.25) is 0 Å². The lowest BCUT2D eigenvalue weighted by molar-refractivity contribution is -0.140. The molecule has 4 aromatic carbocycles. The van der Waals surface area contributed by atoms with Crippen LogP contribution in [0.15, 0.2) is 103 Å². The van der Waals surface area contributed by atoms with E-state index in [0.717, 1.165) is 22.9 Å². The minimum absolute atomic E-state index is 0.189. The third-order valence-corrected chi connectivity index (χ3v) is 7.08. The molecule has 0 aliphatic heterocycles. The van der Waals surface area contributed by atoms with E-state index in [1.807, 2.05) is 54.4 Å². The summed E-state index contributed by atoms with van der Waals surface area (Å²) < 4.78 is 46.5. The molecule has 0 fully saturated rings. The molecule has 0 amide bonds. The maximum Gasteiger partial charge on any atom is 0.418 e. The van der Waals surface area contributed by atoms with Crippen LogP contribution in [0.4, 0.5) is 18.9 Å². The highest BCUT2D eigenvalue weighted by Crippen LogP contribution is 2.39. The number of ketones is 1. The van der Waals surface area contributed by atoms with Crippen LogP contribution in [-0.2, 0) is 28.7 Å². The first-order valence-corrected chi connectivity index (χ1v) is 13.2. The number of aromatic nitrogens is 1. The number of methoxy groups -OCH3 is 1. The van der Waals surface area contributed by atoms with Crippen LogP contribution in [-0.4, -0.2) is 30.9 Å². The Labute approximate surface area is 241 Å². The maximum atomic E-state index is 13.9. The molecule has 5 nitrogen and oxygen atoms in total. The molecule has 0 saturated carbocycles. The predicted octanol–water partition coefficient (Wildman–Crippen LogP) is 7.50. The molecule has 0 atom stereocenters. The van der Waals surface area contributed by atoms with Crippen LogP contribution in [0.1, 0.15) is 32.6 Å². The second kappa shape index (κ2) is 11.9. The largest absolute Gasteiger partial charge is 0.469 e. The Morgan fingerprint density at radius 2 is 1.55 bits per heavy atom. The van der Waals surface area contributed by atoms with Gasteiger partial charge in [-0.1, -0.05) is 78.9 Å². The van der Waals surface area contributed by atoms with E-state index in [0.29, 0.717) is 23.2 Å². The molecule has 212 valence electrons. The summed E-state index contributed by atoms with van der Waals surface area (Å²) in [6, 6.07) is 27.5. The number of hydrogen-bond donors (Lipinski definition) is 0. The first-order chi connectivity index (χ1) is 20.2. The number of fused-ring (bicyclic) bond motifs is 1. The number of pyridine rings is 1. The lowest BCUT2D eigenvalue weighted by atomic mass is 9.91. The molecule has 0 radical (unpaired) electrons. The molecule has 0 aliphatic carbocycles. The van der Waals surface area contributed by atoms with Crippen LogP contribution in [0.5, 0.6) is 0 Å². The molecule has 1 aromatic heterocycles. The number of halogens is 3. The van der Waals surface area contributed by atoms with Gasteiger partial charge >= 0.3 is 12.1 Å². The Morgan fingerprint density at radius 3 is 2.24 bits per heavy atom. The number of ether oxygens (including phenoxy) is 1. The molecule has 0 unspecified atom stereocenters. The van der Waals surface area contributed by atoms with Gasteiger partial charge in [-0.2, -0.15) is 13.2 Å². The van der Waals surface area contributed by atoms with E-state index in [2.05, 4.69) is 4.98 Å². The fraction of sp³-hybridized carbons (Fsp3) is 0.147. The van der Waals surface area contributed by atoms with Crippen LogP contribution in [0.25, 0.3) is 22.0 Å². The minimum atomic E-state index is -4.61. The number of hydrogen-bond acceptors (Lipinski definition) is 5. The van der Waals surface area contributed by atoms with Gasteiger partial charge in [0.25, 0.3) is 0 Å². The summed E-state index contributed by atoms with van der Waals surface area (Å²) in [5.41, 5.74) is 3.20. The van der Waals surface area contributed by atoms with Crippen molar-refractivity contribution in [3.8, 4) is 11.1 Å². The molecule has 5 aromatic rings. The van der Waals surface area contributed by atoms with Crippen LogP contribution in [0, 0.1) is 0 Å². The number of carbonyl (C=O) groups is 2. The van der Waals surface area contributed by atoms with Gasteiger partial charge < -0.3 is 9.64 Å². The standard InChI is InChI=1S/C34H27F3N2O3/c1-39(21-23-16-14-22(15-17-23)18-30(40)42-2)26-11-6-10-25(19-26)31-27-12-7-13-29(34(35,36)37)32(27)38-20-28(31)33(41)24-8-4-3-5-9-24/h3-17,19-20H,18,21H2,1-2H3. The molecule has 5 rings (SSSR count). The number of nitrogens with zero attached hydrogens (tertiary/aromatic N) is 2. The van der Waals surface area contributed by atoms with Gasteiger partial charge in [-0.15, -0.1) is 0 Å². The number of rotatable bonds is 8. The quantitative estimate of drug-likeness (QED) is 0.143. The second-order valence-corrected chi connectivity index (χ2v) is 9.92. The average Bonchev–Trinajstić information content (AvgIpc) is 3.00. The summed E-state index contributed by atoms with van der Waals surface area (Å²) in [7, 11) is 3.26. The number of alkyl halides is 3. The van der Waals surface area contributed by atoms with E-state index >= 15 is 0 Å². The maximum absolute atomic E-state index is 13.9. The van der Waals surface area contributed by atoms with Crippen molar-refractivity contribution in [1.29, 1.82) is 0 Å². The van der Waals surface area contributed by atoms with E-state index in [-0.39, 0.29) is 34.6 Å². The van der Waals surface area contributed by atoms with Crippen molar-refractivity contribution in [2.24, 2.45) is 0 Å². The summed E-state index contributed by atoms with van der Waals surface area (Å²) >= 11 is 0. The van der Waals surface area contributed by atoms with Gasteiger partial charge in [0.1, 0.15) is 0 Å². The smallest absolute Gasteiger partial charge is 0.418 e. The van der Waals surface area contributed by atoms with Crippen molar-refractivity contribution in [2.45, 2.75) is 19.1 Å². The van der Waals surface area contributed by atoms with Gasteiger partial charge in [0.15, 0.2) is 5.78 Å². The number of anilines is 1. The lowest BCUT2D eigenvalue weighted by Gasteiger charge is -2.21. The molecule has 0 bridgehead atoms. The van der Waals surface area contributed by atoms with Gasteiger partial charge in [0, 0.05) is 47.6 Å². The van der Waals surface area contributed by atoms with E-state index in [1.165, 1.54) is 19.4 Å². The molecule has 0 spiro atoms. The van der Waals surface area contributed by atoms with Crippen LogP contribution < -0.4 is 4.90 Å². The number of benzene rings is 4. The molecule has 0 saturated heterocycles. The van der Waals surface area contributed by atoms with Gasteiger partial charge in [-0.05, 0) is 34.9 Å².